The molecule has 1 atom stereocenters. The molecule has 1 aromatic carbocycles. The van der Waals surface area contributed by atoms with Gasteiger partial charge in [0, 0.05) is 15.2 Å². The summed E-state index contributed by atoms with van der Waals surface area (Å²) in [5.41, 5.74) is 2.76. The zero-order valence-electron chi connectivity index (χ0n) is 15.1. The molecular formula is C18H17FIN3O5S. The van der Waals surface area contributed by atoms with Crippen LogP contribution in [0.1, 0.15) is 9.67 Å². The van der Waals surface area contributed by atoms with Crippen molar-refractivity contribution in [2.45, 2.75) is 6.10 Å². The van der Waals surface area contributed by atoms with Gasteiger partial charge in [-0.05, 0) is 40.8 Å². The zero-order valence-corrected chi connectivity index (χ0v) is 18.1. The number of hydrogen-bond acceptors (Lipinski definition) is 8. The van der Waals surface area contributed by atoms with Gasteiger partial charge in [-0.1, -0.05) is 0 Å². The Kier molecular flexibility index (Phi) is 7.18. The van der Waals surface area contributed by atoms with Crippen molar-refractivity contribution < 1.29 is 29.0 Å². The summed E-state index contributed by atoms with van der Waals surface area (Å²) in [7, 11) is 1.49. The van der Waals surface area contributed by atoms with E-state index in [9.17, 15) is 14.3 Å². The van der Waals surface area contributed by atoms with Gasteiger partial charge in [0.05, 0.1) is 36.0 Å². The van der Waals surface area contributed by atoms with Gasteiger partial charge >= 0.3 is 0 Å². The molecule has 0 fully saturated rings. The van der Waals surface area contributed by atoms with Crippen molar-refractivity contribution in [2.75, 3.05) is 25.6 Å². The van der Waals surface area contributed by atoms with Crippen LogP contribution in [0.15, 0.2) is 30.6 Å². The second-order valence-electron chi connectivity index (χ2n) is 5.85. The molecule has 0 saturated heterocycles. The number of nitrogens with zero attached hydrogens (tertiary/aromatic N) is 1. The molecule has 1 amide bonds. The van der Waals surface area contributed by atoms with Crippen LogP contribution in [0.3, 0.4) is 0 Å². The summed E-state index contributed by atoms with van der Waals surface area (Å²) in [5.74, 6) is -0.609. The average molecular weight is 533 g/mol. The van der Waals surface area contributed by atoms with Crippen LogP contribution in [0.5, 0.6) is 5.75 Å². The number of hydroxylamine groups is 1. The molecule has 0 aliphatic carbocycles. The van der Waals surface area contributed by atoms with Crippen LogP contribution >= 0.6 is 33.9 Å². The Hall–Kier alpha value is -2.06. The average Bonchev–Trinajstić information content (AvgIpc) is 3.08. The second-order valence-corrected chi connectivity index (χ2v) is 8.12. The fourth-order valence-corrected chi connectivity index (χ4v) is 4.00. The first-order valence-electron chi connectivity index (χ1n) is 8.32. The standard InChI is InChI=1S/C18H17FIN3O5S/c1-27-14-6-21-5-11-15(22-13-3-2-9(20)4-12(13)19)17(29-16(11)14)18(26)23-28-8-10(25)7-24/h2-6,10,22,24-25H,7-8H2,1H3,(H,23,26)/t10-/m1/s1. The summed E-state index contributed by atoms with van der Waals surface area (Å²) in [6.07, 6.45) is 1.94. The van der Waals surface area contributed by atoms with Gasteiger partial charge in [0.2, 0.25) is 0 Å². The van der Waals surface area contributed by atoms with Gasteiger partial charge in [-0.2, -0.15) is 0 Å². The number of aliphatic hydroxyl groups is 2. The molecule has 154 valence electrons. The fraction of sp³-hybridized carbons (Fsp3) is 0.222. The van der Waals surface area contributed by atoms with Gasteiger partial charge in [-0.25, -0.2) is 9.87 Å². The number of nitrogens with one attached hydrogen (secondary N) is 2. The number of carbonyl (C=O) groups excluding carboxylic acids is 1. The van der Waals surface area contributed by atoms with Crippen LogP contribution in [0, 0.1) is 9.39 Å². The first kappa shape index (κ1) is 21.6. The molecule has 3 rings (SSSR count). The van der Waals surface area contributed by atoms with Crippen LogP contribution in [0.25, 0.3) is 10.1 Å². The third-order valence-corrected chi connectivity index (χ3v) is 5.72. The predicted molar refractivity (Wildman–Crippen MR) is 115 cm³/mol. The molecule has 0 aliphatic rings. The van der Waals surface area contributed by atoms with E-state index in [0.717, 1.165) is 14.9 Å². The Balaban J connectivity index is 1.99. The largest absolute Gasteiger partial charge is 0.494 e. The Labute approximate surface area is 182 Å². The van der Waals surface area contributed by atoms with Crippen molar-refractivity contribution in [2.24, 2.45) is 0 Å². The van der Waals surface area contributed by atoms with E-state index in [4.69, 9.17) is 14.7 Å². The number of amides is 1. The highest BCUT2D eigenvalue weighted by Gasteiger charge is 2.22. The van der Waals surface area contributed by atoms with E-state index in [1.807, 2.05) is 22.6 Å². The molecular weight excluding hydrogens is 516 g/mol. The normalized spacial score (nSPS) is 12.0. The number of hydrogen-bond donors (Lipinski definition) is 4. The van der Waals surface area contributed by atoms with Crippen molar-refractivity contribution in [1.29, 1.82) is 0 Å². The van der Waals surface area contributed by atoms with Crippen molar-refractivity contribution in [1.82, 2.24) is 10.5 Å². The minimum absolute atomic E-state index is 0.193. The molecule has 8 nitrogen and oxygen atoms in total. The maximum atomic E-state index is 14.4. The number of halogens is 2. The highest BCUT2D eigenvalue weighted by atomic mass is 127. The van der Waals surface area contributed by atoms with Gasteiger partial charge in [-0.15, -0.1) is 11.3 Å². The van der Waals surface area contributed by atoms with Gasteiger partial charge in [0.15, 0.2) is 5.75 Å². The minimum atomic E-state index is -1.12. The number of fused-ring (bicyclic) bond motifs is 1. The summed E-state index contributed by atoms with van der Waals surface area (Å²) in [6, 6.07) is 4.68. The maximum Gasteiger partial charge on any atom is 0.287 e. The van der Waals surface area contributed by atoms with Crippen LogP contribution in [-0.2, 0) is 4.84 Å². The lowest BCUT2D eigenvalue weighted by Crippen LogP contribution is -2.29. The van der Waals surface area contributed by atoms with Crippen molar-refractivity contribution in [3.63, 3.8) is 0 Å². The van der Waals surface area contributed by atoms with Crippen molar-refractivity contribution in [3.8, 4) is 5.75 Å². The topological polar surface area (TPSA) is 113 Å². The number of carbonyl (C=O) groups is 1. The molecule has 11 heteroatoms. The summed E-state index contributed by atoms with van der Waals surface area (Å²) in [5, 5.41) is 21.7. The number of aromatic nitrogens is 1. The van der Waals surface area contributed by atoms with Crippen LogP contribution < -0.4 is 15.5 Å². The number of rotatable bonds is 8. The molecule has 2 aromatic heterocycles. The fourth-order valence-electron chi connectivity index (χ4n) is 2.45. The lowest BCUT2D eigenvalue weighted by atomic mass is 10.2. The molecule has 3 aromatic rings. The molecule has 0 bridgehead atoms. The molecule has 29 heavy (non-hydrogen) atoms. The number of methoxy groups -OCH3 is 1. The molecule has 0 aliphatic heterocycles. The van der Waals surface area contributed by atoms with Crippen molar-refractivity contribution >= 4 is 61.3 Å². The minimum Gasteiger partial charge on any atom is -0.494 e. The van der Waals surface area contributed by atoms with Gasteiger partial charge in [0.25, 0.3) is 5.91 Å². The SMILES string of the molecule is COc1cncc2c(Nc3ccc(I)cc3F)c(C(=O)NOC[C@H](O)CO)sc12. The van der Waals surface area contributed by atoms with E-state index < -0.39 is 24.4 Å². The lowest BCUT2D eigenvalue weighted by molar-refractivity contribution is -0.0293. The molecule has 0 saturated carbocycles. The number of pyridine rings is 1. The highest BCUT2D eigenvalue weighted by molar-refractivity contribution is 14.1. The first-order valence-corrected chi connectivity index (χ1v) is 10.2. The molecule has 0 radical (unpaired) electrons. The Morgan fingerprint density at radius 3 is 2.90 bits per heavy atom. The smallest absolute Gasteiger partial charge is 0.287 e. The van der Waals surface area contributed by atoms with E-state index in [1.54, 1.807) is 18.3 Å². The summed E-state index contributed by atoms with van der Waals surface area (Å²) in [4.78, 5) is 21.9. The number of aliphatic hydroxyl groups excluding tert-OH is 2. The summed E-state index contributed by atoms with van der Waals surface area (Å²) in [6.45, 7) is -0.785. The molecule has 0 unspecified atom stereocenters. The van der Waals surface area contributed by atoms with Gasteiger partial charge in [-0.3, -0.25) is 14.6 Å². The van der Waals surface area contributed by atoms with E-state index in [0.29, 0.717) is 21.5 Å². The monoisotopic (exact) mass is 533 g/mol. The Morgan fingerprint density at radius 2 is 2.21 bits per heavy atom. The van der Waals surface area contributed by atoms with Gasteiger partial charge in [0.1, 0.15) is 23.4 Å². The molecule has 4 N–H and O–H groups in total. The Bertz CT molecular complexity index is 1030. The van der Waals surface area contributed by atoms with Crippen LogP contribution in [0.2, 0.25) is 0 Å². The van der Waals surface area contributed by atoms with E-state index >= 15 is 0 Å². The van der Waals surface area contributed by atoms with Crippen LogP contribution in [0.4, 0.5) is 15.8 Å². The predicted octanol–water partition coefficient (Wildman–Crippen LogP) is 2.81. The Morgan fingerprint density at radius 1 is 1.41 bits per heavy atom. The zero-order chi connectivity index (χ0) is 21.0. The number of anilines is 2. The molecule has 2 heterocycles. The highest BCUT2D eigenvalue weighted by Crippen LogP contribution is 2.41. The van der Waals surface area contributed by atoms with Gasteiger partial charge < -0.3 is 20.3 Å². The van der Waals surface area contributed by atoms with E-state index in [1.165, 1.54) is 19.4 Å². The molecule has 0 spiro atoms. The van der Waals surface area contributed by atoms with Crippen LogP contribution in [-0.4, -0.2) is 47.5 Å². The van der Waals surface area contributed by atoms with E-state index in [2.05, 4.69) is 15.8 Å². The van der Waals surface area contributed by atoms with E-state index in [-0.39, 0.29) is 17.2 Å². The number of ether oxygens (including phenoxy) is 1. The third kappa shape index (κ3) is 4.93. The second kappa shape index (κ2) is 9.63. The maximum absolute atomic E-state index is 14.4. The number of benzene rings is 1. The first-order chi connectivity index (χ1) is 13.9. The number of thiophene rings is 1. The summed E-state index contributed by atoms with van der Waals surface area (Å²) >= 11 is 3.13. The third-order valence-electron chi connectivity index (χ3n) is 3.83. The summed E-state index contributed by atoms with van der Waals surface area (Å²) < 4.78 is 21.1. The quantitative estimate of drug-likeness (QED) is 0.260. The lowest BCUT2D eigenvalue weighted by Gasteiger charge is -2.11. The van der Waals surface area contributed by atoms with Crippen molar-refractivity contribution in [3.05, 3.63) is 44.9 Å².